The van der Waals surface area contributed by atoms with Gasteiger partial charge in [0.25, 0.3) is 0 Å². The van der Waals surface area contributed by atoms with Gasteiger partial charge in [-0.25, -0.2) is 0 Å². The van der Waals surface area contributed by atoms with Crippen molar-refractivity contribution in [3.63, 3.8) is 0 Å². The highest BCUT2D eigenvalue weighted by atomic mass is 16.2. The minimum absolute atomic E-state index is 0.125. The predicted molar refractivity (Wildman–Crippen MR) is 67.3 cm³/mol. The first-order valence-corrected chi connectivity index (χ1v) is 6.28. The van der Waals surface area contributed by atoms with E-state index in [0.29, 0.717) is 24.9 Å². The molecule has 1 rings (SSSR count). The number of rotatable bonds is 4. The van der Waals surface area contributed by atoms with E-state index in [1.165, 1.54) is 0 Å². The summed E-state index contributed by atoms with van der Waals surface area (Å²) in [6.45, 7) is 7.61. The Morgan fingerprint density at radius 1 is 1.41 bits per heavy atom. The van der Waals surface area contributed by atoms with Gasteiger partial charge in [-0.3, -0.25) is 9.69 Å². The highest BCUT2D eigenvalue weighted by Crippen LogP contribution is 2.29. The Morgan fingerprint density at radius 3 is 2.53 bits per heavy atom. The van der Waals surface area contributed by atoms with Gasteiger partial charge in [0.2, 0.25) is 5.91 Å². The Kier molecular flexibility index (Phi) is 4.95. The van der Waals surface area contributed by atoms with Crippen molar-refractivity contribution >= 4 is 5.91 Å². The third-order valence-corrected chi connectivity index (χ3v) is 3.55. The molecule has 1 fully saturated rings. The van der Waals surface area contributed by atoms with E-state index in [1.54, 1.807) is 11.9 Å². The zero-order valence-electron chi connectivity index (χ0n) is 11.2. The Balaban J connectivity index is 2.30. The lowest BCUT2D eigenvalue weighted by molar-refractivity contribution is -0.131. The summed E-state index contributed by atoms with van der Waals surface area (Å²) in [5.74, 6) is 0.125. The molecule has 17 heavy (non-hydrogen) atoms. The van der Waals surface area contributed by atoms with Gasteiger partial charge < -0.3 is 4.90 Å². The number of amides is 1. The van der Waals surface area contributed by atoms with Crippen molar-refractivity contribution in [1.82, 2.24) is 9.80 Å². The molecule has 0 atom stereocenters. The maximum Gasteiger partial charge on any atom is 0.236 e. The molecule has 4 heteroatoms. The third-order valence-electron chi connectivity index (χ3n) is 3.55. The average Bonchev–Trinajstić information content (AvgIpc) is 2.28. The van der Waals surface area contributed by atoms with Crippen molar-refractivity contribution in [2.75, 3.05) is 33.2 Å². The summed E-state index contributed by atoms with van der Waals surface area (Å²) < 4.78 is 0. The van der Waals surface area contributed by atoms with Crippen molar-refractivity contribution in [3.8, 4) is 6.07 Å². The molecule has 0 aromatic rings. The molecule has 1 saturated heterocycles. The van der Waals surface area contributed by atoms with Crippen molar-refractivity contribution < 1.29 is 4.79 Å². The highest BCUT2D eigenvalue weighted by Gasteiger charge is 2.26. The van der Waals surface area contributed by atoms with Crippen LogP contribution in [0.25, 0.3) is 0 Å². The van der Waals surface area contributed by atoms with Crippen LogP contribution in [0.1, 0.15) is 33.1 Å². The van der Waals surface area contributed by atoms with E-state index in [0.717, 1.165) is 25.9 Å². The fourth-order valence-electron chi connectivity index (χ4n) is 1.97. The molecule has 0 aliphatic carbocycles. The topological polar surface area (TPSA) is 47.3 Å². The van der Waals surface area contributed by atoms with Crippen LogP contribution in [0.5, 0.6) is 0 Å². The summed E-state index contributed by atoms with van der Waals surface area (Å²) >= 11 is 0. The standard InChI is InChI=1S/C13H23N3O/c1-13(2)5-9-16(10-6-13)11-12(17)15(3)8-4-7-14/h4-6,8-11H2,1-3H3. The molecule has 0 unspecified atom stereocenters. The Hall–Kier alpha value is -1.08. The Labute approximate surface area is 104 Å². The molecule has 0 N–H and O–H groups in total. The van der Waals surface area contributed by atoms with Gasteiger partial charge in [0, 0.05) is 13.6 Å². The van der Waals surface area contributed by atoms with Crippen LogP contribution in [0.4, 0.5) is 0 Å². The molecule has 0 radical (unpaired) electrons. The molecule has 1 aliphatic heterocycles. The molecule has 96 valence electrons. The summed E-state index contributed by atoms with van der Waals surface area (Å²) in [5.41, 5.74) is 0.423. The van der Waals surface area contributed by atoms with Crippen molar-refractivity contribution in [1.29, 1.82) is 5.26 Å². The lowest BCUT2D eigenvalue weighted by Crippen LogP contribution is -2.44. The molecule has 0 spiro atoms. The number of hydrogen-bond acceptors (Lipinski definition) is 3. The minimum atomic E-state index is 0.125. The SMILES string of the molecule is CN(CCC#N)C(=O)CN1CCC(C)(C)CC1. The minimum Gasteiger partial charge on any atom is -0.344 e. The number of hydrogen-bond donors (Lipinski definition) is 0. The lowest BCUT2D eigenvalue weighted by Gasteiger charge is -2.37. The Bertz CT molecular complexity index is 296. The molecular formula is C13H23N3O. The van der Waals surface area contributed by atoms with Crippen LogP contribution in [0.3, 0.4) is 0 Å². The summed E-state index contributed by atoms with van der Waals surface area (Å²) in [6, 6.07) is 2.06. The smallest absolute Gasteiger partial charge is 0.236 e. The zero-order valence-corrected chi connectivity index (χ0v) is 11.2. The molecule has 4 nitrogen and oxygen atoms in total. The summed E-state index contributed by atoms with van der Waals surface area (Å²) in [4.78, 5) is 15.7. The van der Waals surface area contributed by atoms with Gasteiger partial charge in [-0.2, -0.15) is 5.26 Å². The summed E-state index contributed by atoms with van der Waals surface area (Å²) in [7, 11) is 1.77. The molecule has 1 amide bonds. The second-order valence-electron chi connectivity index (χ2n) is 5.66. The van der Waals surface area contributed by atoms with E-state index in [9.17, 15) is 4.79 Å². The largest absolute Gasteiger partial charge is 0.344 e. The van der Waals surface area contributed by atoms with Crippen molar-refractivity contribution in [2.24, 2.45) is 5.41 Å². The van der Waals surface area contributed by atoms with Gasteiger partial charge in [0.15, 0.2) is 0 Å². The van der Waals surface area contributed by atoms with Crippen LogP contribution in [0, 0.1) is 16.7 Å². The fourth-order valence-corrected chi connectivity index (χ4v) is 1.97. The second-order valence-corrected chi connectivity index (χ2v) is 5.66. The van der Waals surface area contributed by atoms with Gasteiger partial charge in [0.1, 0.15) is 0 Å². The summed E-state index contributed by atoms with van der Waals surface area (Å²) in [5, 5.41) is 8.48. The number of nitriles is 1. The van der Waals surface area contributed by atoms with E-state index < -0.39 is 0 Å². The van der Waals surface area contributed by atoms with Crippen LogP contribution in [0.15, 0.2) is 0 Å². The van der Waals surface area contributed by atoms with Gasteiger partial charge in [0.05, 0.1) is 19.0 Å². The fraction of sp³-hybridized carbons (Fsp3) is 0.846. The van der Waals surface area contributed by atoms with E-state index >= 15 is 0 Å². The lowest BCUT2D eigenvalue weighted by atomic mass is 9.83. The molecule has 0 saturated carbocycles. The van der Waals surface area contributed by atoms with Crippen LogP contribution in [-0.4, -0.2) is 48.9 Å². The molecule has 1 heterocycles. The van der Waals surface area contributed by atoms with Crippen LogP contribution >= 0.6 is 0 Å². The first kappa shape index (κ1) is 14.0. The van der Waals surface area contributed by atoms with E-state index in [-0.39, 0.29) is 5.91 Å². The van der Waals surface area contributed by atoms with Crippen LogP contribution in [-0.2, 0) is 4.79 Å². The van der Waals surface area contributed by atoms with Gasteiger partial charge in [-0.15, -0.1) is 0 Å². The number of likely N-dealkylation sites (N-methyl/N-ethyl adjacent to an activating group) is 1. The van der Waals surface area contributed by atoms with E-state index in [4.69, 9.17) is 5.26 Å². The second kappa shape index (κ2) is 6.02. The maximum absolute atomic E-state index is 11.9. The van der Waals surface area contributed by atoms with Crippen LogP contribution in [0.2, 0.25) is 0 Å². The van der Waals surface area contributed by atoms with E-state index in [2.05, 4.69) is 24.8 Å². The molecule has 1 aliphatic rings. The number of likely N-dealkylation sites (tertiary alicyclic amines) is 1. The summed E-state index contributed by atoms with van der Waals surface area (Å²) in [6.07, 6.45) is 2.72. The molecular weight excluding hydrogens is 214 g/mol. The van der Waals surface area contributed by atoms with Gasteiger partial charge in [-0.1, -0.05) is 13.8 Å². The van der Waals surface area contributed by atoms with Gasteiger partial charge in [-0.05, 0) is 31.3 Å². The van der Waals surface area contributed by atoms with Gasteiger partial charge >= 0.3 is 0 Å². The molecule has 0 aromatic heterocycles. The zero-order chi connectivity index (χ0) is 12.9. The Morgan fingerprint density at radius 2 is 2.00 bits per heavy atom. The van der Waals surface area contributed by atoms with Crippen LogP contribution < -0.4 is 0 Å². The number of carbonyl (C=O) groups is 1. The number of piperidine rings is 1. The number of nitrogens with zero attached hydrogens (tertiary/aromatic N) is 3. The highest BCUT2D eigenvalue weighted by molar-refractivity contribution is 5.78. The normalized spacial score (nSPS) is 19.6. The first-order chi connectivity index (χ1) is 7.94. The number of carbonyl (C=O) groups excluding carboxylic acids is 1. The quantitative estimate of drug-likeness (QED) is 0.744. The van der Waals surface area contributed by atoms with Crippen molar-refractivity contribution in [3.05, 3.63) is 0 Å². The monoisotopic (exact) mass is 237 g/mol. The molecule has 0 bridgehead atoms. The first-order valence-electron chi connectivity index (χ1n) is 6.28. The van der Waals surface area contributed by atoms with E-state index in [1.807, 2.05) is 0 Å². The molecule has 0 aromatic carbocycles. The third kappa shape index (κ3) is 4.74. The van der Waals surface area contributed by atoms with Crippen molar-refractivity contribution in [2.45, 2.75) is 33.1 Å². The average molecular weight is 237 g/mol. The predicted octanol–water partition coefficient (Wildman–Crippen LogP) is 1.48. The maximum atomic E-state index is 11.9.